The molecule has 0 aromatic carbocycles. The van der Waals surface area contributed by atoms with E-state index in [9.17, 15) is 8.42 Å². The third kappa shape index (κ3) is 2.64. The minimum absolute atomic E-state index is 0.113. The van der Waals surface area contributed by atoms with Gasteiger partial charge in [-0.1, -0.05) is 0 Å². The van der Waals surface area contributed by atoms with E-state index in [0.29, 0.717) is 5.82 Å². The second kappa shape index (κ2) is 3.60. The molecule has 1 aromatic rings. The average molecular weight is 225 g/mol. The smallest absolute Gasteiger partial charge is 0.299 e. The molecule has 74 valence electrons. The summed E-state index contributed by atoms with van der Waals surface area (Å²) in [5.74, 6) is 0.534. The Kier molecular flexibility index (Phi) is 2.89. The number of nitrogens with zero attached hydrogens (tertiary/aromatic N) is 4. The summed E-state index contributed by atoms with van der Waals surface area (Å²) in [6, 6.07) is 0. The standard InChI is InChI=1S/C5H9ClN4O2S/c1-9-4-7-8-5(9)3-10(2)13(6,11)12/h4H,3H2,1-2H3. The van der Waals surface area contributed by atoms with E-state index in [2.05, 4.69) is 10.2 Å². The molecular formula is C5H9ClN4O2S. The normalized spacial score (nSPS) is 12.3. The van der Waals surface area contributed by atoms with Crippen LogP contribution in [0.15, 0.2) is 6.33 Å². The first-order valence-electron chi connectivity index (χ1n) is 3.40. The molecule has 0 N–H and O–H groups in total. The van der Waals surface area contributed by atoms with Crippen LogP contribution in [0.25, 0.3) is 0 Å². The van der Waals surface area contributed by atoms with Gasteiger partial charge in [-0.2, -0.15) is 12.7 Å². The molecule has 0 saturated heterocycles. The van der Waals surface area contributed by atoms with E-state index in [1.807, 2.05) is 0 Å². The second-order valence-electron chi connectivity index (χ2n) is 2.56. The van der Waals surface area contributed by atoms with Crippen molar-refractivity contribution < 1.29 is 8.42 Å². The van der Waals surface area contributed by atoms with Crippen LogP contribution < -0.4 is 0 Å². The fraction of sp³-hybridized carbons (Fsp3) is 0.600. The Balaban J connectivity index is 2.77. The van der Waals surface area contributed by atoms with Crippen LogP contribution in [0.2, 0.25) is 0 Å². The van der Waals surface area contributed by atoms with Crippen molar-refractivity contribution in [2.75, 3.05) is 7.05 Å². The van der Waals surface area contributed by atoms with Gasteiger partial charge in [0.25, 0.3) is 9.24 Å². The summed E-state index contributed by atoms with van der Waals surface area (Å²) < 4.78 is 24.2. The lowest BCUT2D eigenvalue weighted by Crippen LogP contribution is -2.23. The zero-order valence-corrected chi connectivity index (χ0v) is 8.75. The highest BCUT2D eigenvalue weighted by molar-refractivity contribution is 8.11. The van der Waals surface area contributed by atoms with Crippen molar-refractivity contribution in [3.63, 3.8) is 0 Å². The van der Waals surface area contributed by atoms with Crippen LogP contribution in [0.3, 0.4) is 0 Å². The fourth-order valence-electron chi connectivity index (χ4n) is 0.727. The zero-order valence-electron chi connectivity index (χ0n) is 7.18. The molecule has 13 heavy (non-hydrogen) atoms. The Morgan fingerprint density at radius 1 is 1.69 bits per heavy atom. The van der Waals surface area contributed by atoms with Crippen molar-refractivity contribution in [3.05, 3.63) is 12.2 Å². The SMILES string of the molecule is CN(Cc1nncn1C)S(=O)(=O)Cl. The van der Waals surface area contributed by atoms with E-state index in [1.165, 1.54) is 13.4 Å². The molecule has 0 amide bonds. The first-order chi connectivity index (χ1) is 5.91. The molecule has 0 unspecified atom stereocenters. The largest absolute Gasteiger partial charge is 0.320 e. The van der Waals surface area contributed by atoms with Gasteiger partial charge in [-0.15, -0.1) is 10.2 Å². The number of halogens is 1. The van der Waals surface area contributed by atoms with Crippen molar-refractivity contribution in [2.45, 2.75) is 6.54 Å². The molecule has 1 rings (SSSR count). The molecule has 0 spiro atoms. The highest BCUT2D eigenvalue weighted by Crippen LogP contribution is 2.06. The van der Waals surface area contributed by atoms with Crippen molar-refractivity contribution >= 4 is 19.9 Å². The summed E-state index contributed by atoms with van der Waals surface area (Å²) in [5.41, 5.74) is 0. The molecule has 1 aromatic heterocycles. The number of rotatable bonds is 3. The van der Waals surface area contributed by atoms with E-state index in [1.54, 1.807) is 11.6 Å². The topological polar surface area (TPSA) is 68.1 Å². The van der Waals surface area contributed by atoms with Gasteiger partial charge in [0.05, 0.1) is 6.54 Å². The van der Waals surface area contributed by atoms with Gasteiger partial charge in [0.2, 0.25) is 0 Å². The van der Waals surface area contributed by atoms with Crippen molar-refractivity contribution in [2.24, 2.45) is 7.05 Å². The Hall–Kier alpha value is -0.660. The lowest BCUT2D eigenvalue weighted by atomic mass is 10.6. The van der Waals surface area contributed by atoms with Crippen LogP contribution in [0.5, 0.6) is 0 Å². The molecule has 8 heteroatoms. The molecule has 0 aliphatic rings. The number of hydrogen-bond acceptors (Lipinski definition) is 4. The molecule has 0 fully saturated rings. The number of aryl methyl sites for hydroxylation is 1. The van der Waals surface area contributed by atoms with Crippen LogP contribution in [-0.2, 0) is 22.8 Å². The molecule has 0 aliphatic carbocycles. The van der Waals surface area contributed by atoms with Crippen LogP contribution >= 0.6 is 10.7 Å². The van der Waals surface area contributed by atoms with Gasteiger partial charge in [-0.05, 0) is 0 Å². The highest BCUT2D eigenvalue weighted by Gasteiger charge is 2.16. The first kappa shape index (κ1) is 10.4. The first-order valence-corrected chi connectivity index (χ1v) is 5.66. The summed E-state index contributed by atoms with van der Waals surface area (Å²) in [7, 11) is 4.52. The van der Waals surface area contributed by atoms with Crippen LogP contribution in [0.4, 0.5) is 0 Å². The highest BCUT2D eigenvalue weighted by atomic mass is 35.7. The summed E-state index contributed by atoms with van der Waals surface area (Å²) >= 11 is 0. The van der Waals surface area contributed by atoms with Crippen molar-refractivity contribution in [1.29, 1.82) is 0 Å². The van der Waals surface area contributed by atoms with Crippen LogP contribution in [0, 0.1) is 0 Å². The fourth-order valence-corrected chi connectivity index (χ4v) is 1.14. The van der Waals surface area contributed by atoms with E-state index in [-0.39, 0.29) is 6.54 Å². The molecule has 6 nitrogen and oxygen atoms in total. The Bertz CT molecular complexity index is 387. The van der Waals surface area contributed by atoms with Crippen molar-refractivity contribution in [3.8, 4) is 0 Å². The van der Waals surface area contributed by atoms with Crippen LogP contribution in [0.1, 0.15) is 5.82 Å². The minimum Gasteiger partial charge on any atom is -0.320 e. The molecular weight excluding hydrogens is 216 g/mol. The number of aromatic nitrogens is 3. The monoisotopic (exact) mass is 224 g/mol. The van der Waals surface area contributed by atoms with Gasteiger partial charge in [-0.3, -0.25) is 0 Å². The molecule has 1 heterocycles. The molecule has 0 radical (unpaired) electrons. The summed E-state index contributed by atoms with van der Waals surface area (Å²) in [5, 5.41) is 7.32. The van der Waals surface area contributed by atoms with Gasteiger partial charge in [0.1, 0.15) is 12.2 Å². The second-order valence-corrected chi connectivity index (χ2v) is 5.17. The minimum atomic E-state index is -3.67. The Labute approximate surface area is 80.7 Å². The maximum atomic E-state index is 10.8. The van der Waals surface area contributed by atoms with Gasteiger partial charge in [-0.25, -0.2) is 0 Å². The van der Waals surface area contributed by atoms with E-state index in [0.717, 1.165) is 4.31 Å². The predicted molar refractivity (Wildman–Crippen MR) is 47.2 cm³/mol. The maximum absolute atomic E-state index is 10.8. The van der Waals surface area contributed by atoms with Gasteiger partial charge in [0.15, 0.2) is 0 Å². The lowest BCUT2D eigenvalue weighted by Gasteiger charge is -2.10. The molecule has 0 atom stereocenters. The summed E-state index contributed by atoms with van der Waals surface area (Å²) in [4.78, 5) is 0. The molecule has 0 aliphatic heterocycles. The van der Waals surface area contributed by atoms with E-state index < -0.39 is 9.24 Å². The van der Waals surface area contributed by atoms with Crippen LogP contribution in [-0.4, -0.2) is 34.5 Å². The average Bonchev–Trinajstić information content (AvgIpc) is 2.34. The predicted octanol–water partition coefficient (Wildman–Crippen LogP) is -0.269. The van der Waals surface area contributed by atoms with Crippen molar-refractivity contribution in [1.82, 2.24) is 19.1 Å². The zero-order chi connectivity index (χ0) is 10.1. The maximum Gasteiger partial charge on any atom is 0.299 e. The van der Waals surface area contributed by atoms with E-state index >= 15 is 0 Å². The lowest BCUT2D eigenvalue weighted by molar-refractivity contribution is 0.463. The van der Waals surface area contributed by atoms with Gasteiger partial charge < -0.3 is 4.57 Å². The number of hydrogen-bond donors (Lipinski definition) is 0. The summed E-state index contributed by atoms with van der Waals surface area (Å²) in [6.45, 7) is 0.113. The molecule has 0 saturated carbocycles. The molecule has 0 bridgehead atoms. The third-order valence-corrected chi connectivity index (χ3v) is 3.12. The van der Waals surface area contributed by atoms with Gasteiger partial charge in [0, 0.05) is 24.8 Å². The third-order valence-electron chi connectivity index (χ3n) is 1.54. The van der Waals surface area contributed by atoms with Gasteiger partial charge >= 0.3 is 0 Å². The Morgan fingerprint density at radius 3 is 2.69 bits per heavy atom. The van der Waals surface area contributed by atoms with E-state index in [4.69, 9.17) is 10.7 Å². The summed E-state index contributed by atoms with van der Waals surface area (Å²) in [6.07, 6.45) is 1.49. The quantitative estimate of drug-likeness (QED) is 0.663. The Morgan fingerprint density at radius 2 is 2.31 bits per heavy atom.